The van der Waals surface area contributed by atoms with Gasteiger partial charge < -0.3 is 9.88 Å². The topological polar surface area (TPSA) is 29.9 Å². The van der Waals surface area contributed by atoms with Crippen LogP contribution in [0.5, 0.6) is 0 Å². The summed E-state index contributed by atoms with van der Waals surface area (Å²) in [5, 5.41) is 4.22. The molecular weight excluding hydrogens is 246 g/mol. The van der Waals surface area contributed by atoms with Crippen molar-refractivity contribution >= 4 is 11.6 Å². The lowest BCUT2D eigenvalue weighted by atomic mass is 9.91. The molecule has 0 radical (unpaired) electrons. The van der Waals surface area contributed by atoms with Crippen molar-refractivity contribution in [3.63, 3.8) is 0 Å². The van der Waals surface area contributed by atoms with Crippen LogP contribution in [0.1, 0.15) is 24.3 Å². The molecule has 2 heterocycles. The molecule has 0 spiro atoms. The molecule has 0 bridgehead atoms. The van der Waals surface area contributed by atoms with E-state index in [4.69, 9.17) is 11.6 Å². The van der Waals surface area contributed by atoms with Gasteiger partial charge in [0.25, 0.3) is 0 Å². The molecule has 1 aromatic heterocycles. The average Bonchev–Trinajstić information content (AvgIpc) is 2.93. The Morgan fingerprint density at radius 2 is 2.33 bits per heavy atom. The highest BCUT2D eigenvalue weighted by atomic mass is 35.5. The number of hydrogen-bond acceptors (Lipinski definition) is 2. The zero-order valence-electron chi connectivity index (χ0n) is 10.1. The van der Waals surface area contributed by atoms with Gasteiger partial charge in [0.2, 0.25) is 0 Å². The van der Waals surface area contributed by atoms with Crippen LogP contribution in [0.2, 0.25) is 5.02 Å². The summed E-state index contributed by atoms with van der Waals surface area (Å²) < 4.78 is 1.94. The second-order valence-electron chi connectivity index (χ2n) is 4.72. The zero-order valence-corrected chi connectivity index (χ0v) is 10.9. The lowest BCUT2D eigenvalue weighted by Crippen LogP contribution is -2.28. The molecule has 1 N–H and O–H groups in total. The molecule has 1 unspecified atom stereocenters. The second kappa shape index (κ2) is 5.12. The number of nitrogens with zero attached hydrogens (tertiary/aromatic N) is 2. The van der Waals surface area contributed by atoms with Gasteiger partial charge in [-0.2, -0.15) is 0 Å². The first-order valence-corrected chi connectivity index (χ1v) is 6.71. The van der Waals surface area contributed by atoms with E-state index < -0.39 is 0 Å². The van der Waals surface area contributed by atoms with E-state index in [1.165, 1.54) is 18.4 Å². The molecule has 0 amide bonds. The minimum absolute atomic E-state index is 0.591. The Labute approximate surface area is 112 Å². The van der Waals surface area contributed by atoms with Crippen LogP contribution in [0.4, 0.5) is 0 Å². The highest BCUT2D eigenvalue weighted by molar-refractivity contribution is 6.32. The number of imidazole rings is 1. The summed E-state index contributed by atoms with van der Waals surface area (Å²) >= 11 is 6.37. The van der Waals surface area contributed by atoms with Crippen LogP contribution in [-0.2, 0) is 0 Å². The van der Waals surface area contributed by atoms with Gasteiger partial charge >= 0.3 is 0 Å². The first-order chi connectivity index (χ1) is 8.84. The molecule has 3 nitrogen and oxygen atoms in total. The Balaban J connectivity index is 1.89. The standard InChI is InChI=1S/C14H16ClN3/c15-13-8-11(12-2-1-5-16-9-12)3-4-14(13)18-7-6-17-10-18/h3-4,6-8,10,12,16H,1-2,5,9H2. The van der Waals surface area contributed by atoms with Crippen molar-refractivity contribution in [2.45, 2.75) is 18.8 Å². The molecule has 1 aliphatic rings. The molecule has 18 heavy (non-hydrogen) atoms. The Bertz CT molecular complexity index is 516. The van der Waals surface area contributed by atoms with Crippen LogP contribution in [0.15, 0.2) is 36.9 Å². The van der Waals surface area contributed by atoms with Crippen LogP contribution in [0, 0.1) is 0 Å². The van der Waals surface area contributed by atoms with E-state index in [1.807, 2.05) is 10.8 Å². The van der Waals surface area contributed by atoms with Crippen LogP contribution in [-0.4, -0.2) is 22.6 Å². The second-order valence-corrected chi connectivity index (χ2v) is 5.13. The number of nitrogens with one attached hydrogen (secondary N) is 1. The monoisotopic (exact) mass is 261 g/mol. The zero-order chi connectivity index (χ0) is 12.4. The van der Waals surface area contributed by atoms with Gasteiger partial charge in [-0.1, -0.05) is 17.7 Å². The van der Waals surface area contributed by atoms with Gasteiger partial charge in [-0.3, -0.25) is 0 Å². The van der Waals surface area contributed by atoms with E-state index in [1.54, 1.807) is 12.5 Å². The highest BCUT2D eigenvalue weighted by Crippen LogP contribution is 2.28. The average molecular weight is 262 g/mol. The molecule has 1 atom stereocenters. The Kier molecular flexibility index (Phi) is 3.35. The number of aromatic nitrogens is 2. The molecule has 0 aliphatic carbocycles. The fraction of sp³-hybridized carbons (Fsp3) is 0.357. The predicted octanol–water partition coefficient (Wildman–Crippen LogP) is 2.99. The molecule has 1 saturated heterocycles. The summed E-state index contributed by atoms with van der Waals surface area (Å²) in [6.07, 6.45) is 7.92. The van der Waals surface area contributed by atoms with Crippen LogP contribution in [0.25, 0.3) is 5.69 Å². The number of hydrogen-bond donors (Lipinski definition) is 1. The summed E-state index contributed by atoms with van der Waals surface area (Å²) in [4.78, 5) is 4.05. The SMILES string of the molecule is Clc1cc(C2CCCNC2)ccc1-n1ccnc1. The Morgan fingerprint density at radius 1 is 1.39 bits per heavy atom. The minimum atomic E-state index is 0.591. The number of piperidine rings is 1. The fourth-order valence-corrected chi connectivity index (χ4v) is 2.81. The lowest BCUT2D eigenvalue weighted by molar-refractivity contribution is 0.461. The van der Waals surface area contributed by atoms with Gasteiger partial charge in [0.05, 0.1) is 17.0 Å². The van der Waals surface area contributed by atoms with Crippen molar-refractivity contribution in [1.82, 2.24) is 14.9 Å². The predicted molar refractivity (Wildman–Crippen MR) is 73.4 cm³/mol. The molecular formula is C14H16ClN3. The van der Waals surface area contributed by atoms with Crippen molar-refractivity contribution < 1.29 is 0 Å². The number of rotatable bonds is 2. The van der Waals surface area contributed by atoms with Gasteiger partial charge in [-0.05, 0) is 43.0 Å². The van der Waals surface area contributed by atoms with Crippen LogP contribution in [0.3, 0.4) is 0 Å². The van der Waals surface area contributed by atoms with Crippen molar-refractivity contribution in [2.24, 2.45) is 0 Å². The molecule has 0 saturated carbocycles. The highest BCUT2D eigenvalue weighted by Gasteiger charge is 2.16. The third kappa shape index (κ3) is 2.28. The minimum Gasteiger partial charge on any atom is -0.316 e. The van der Waals surface area contributed by atoms with Crippen molar-refractivity contribution in [1.29, 1.82) is 0 Å². The Morgan fingerprint density at radius 3 is 3.00 bits per heavy atom. The quantitative estimate of drug-likeness (QED) is 0.901. The van der Waals surface area contributed by atoms with E-state index in [9.17, 15) is 0 Å². The van der Waals surface area contributed by atoms with Crippen molar-refractivity contribution in [3.05, 3.63) is 47.5 Å². The van der Waals surface area contributed by atoms with Gasteiger partial charge in [0.1, 0.15) is 0 Å². The fourth-order valence-electron chi connectivity index (χ4n) is 2.52. The third-order valence-corrected chi connectivity index (χ3v) is 3.83. The lowest BCUT2D eigenvalue weighted by Gasteiger charge is -2.23. The van der Waals surface area contributed by atoms with E-state index in [0.717, 1.165) is 23.8 Å². The normalized spacial score (nSPS) is 19.9. The molecule has 94 valence electrons. The maximum atomic E-state index is 6.37. The molecule has 1 aromatic carbocycles. The molecule has 4 heteroatoms. The van der Waals surface area contributed by atoms with E-state index in [-0.39, 0.29) is 0 Å². The summed E-state index contributed by atoms with van der Waals surface area (Å²) in [5.41, 5.74) is 2.32. The number of halogens is 1. The van der Waals surface area contributed by atoms with Gasteiger partial charge in [-0.15, -0.1) is 0 Å². The van der Waals surface area contributed by atoms with Gasteiger partial charge in [0, 0.05) is 18.9 Å². The first-order valence-electron chi connectivity index (χ1n) is 6.33. The molecule has 1 fully saturated rings. The van der Waals surface area contributed by atoms with Gasteiger partial charge in [-0.25, -0.2) is 4.98 Å². The first kappa shape index (κ1) is 11.8. The third-order valence-electron chi connectivity index (χ3n) is 3.52. The van der Waals surface area contributed by atoms with Gasteiger partial charge in [0.15, 0.2) is 0 Å². The van der Waals surface area contributed by atoms with Crippen LogP contribution < -0.4 is 5.32 Å². The molecule has 3 rings (SSSR count). The van der Waals surface area contributed by atoms with Crippen LogP contribution >= 0.6 is 11.6 Å². The maximum Gasteiger partial charge on any atom is 0.0992 e. The number of benzene rings is 1. The summed E-state index contributed by atoms with van der Waals surface area (Å²) in [7, 11) is 0. The summed E-state index contributed by atoms with van der Waals surface area (Å²) in [6.45, 7) is 2.19. The largest absolute Gasteiger partial charge is 0.316 e. The van der Waals surface area contributed by atoms with E-state index in [0.29, 0.717) is 5.92 Å². The summed E-state index contributed by atoms with van der Waals surface area (Å²) in [6, 6.07) is 6.35. The molecule has 2 aromatic rings. The van der Waals surface area contributed by atoms with Crippen molar-refractivity contribution in [3.8, 4) is 5.69 Å². The Hall–Kier alpha value is -1.32. The van der Waals surface area contributed by atoms with Crippen molar-refractivity contribution in [2.75, 3.05) is 13.1 Å². The summed E-state index contributed by atoms with van der Waals surface area (Å²) in [5.74, 6) is 0.591. The molecule has 1 aliphatic heterocycles. The van der Waals surface area contributed by atoms with E-state index >= 15 is 0 Å². The van der Waals surface area contributed by atoms with E-state index in [2.05, 4.69) is 28.5 Å². The maximum absolute atomic E-state index is 6.37. The smallest absolute Gasteiger partial charge is 0.0992 e.